The number of nitrogens with one attached hydrogen (secondary N) is 1. The largest absolute Gasteiger partial charge is 0.497 e. The van der Waals surface area contributed by atoms with E-state index >= 15 is 0 Å². The maximum atomic E-state index is 13.0. The summed E-state index contributed by atoms with van der Waals surface area (Å²) in [7, 11) is -1.99. The molecule has 0 bridgehead atoms. The molecule has 0 saturated heterocycles. The average molecular weight is 340 g/mol. The molecular weight excluding hydrogens is 319 g/mol. The van der Waals surface area contributed by atoms with Crippen LogP contribution in [0.2, 0.25) is 0 Å². The first-order valence-corrected chi connectivity index (χ1v) is 8.86. The van der Waals surface area contributed by atoms with Crippen molar-refractivity contribution in [3.8, 4) is 16.9 Å². The van der Waals surface area contributed by atoms with E-state index in [4.69, 9.17) is 13.8 Å². The monoisotopic (exact) mass is 340 g/mol. The van der Waals surface area contributed by atoms with Crippen LogP contribution < -0.4 is 10.2 Å². The second-order valence-electron chi connectivity index (χ2n) is 4.62. The topological polar surface area (TPSA) is 93.7 Å². The van der Waals surface area contributed by atoms with E-state index in [1.165, 1.54) is 0 Å². The zero-order chi connectivity index (χ0) is 16.9. The molecule has 2 N–H and O–H groups in total. The molecule has 23 heavy (non-hydrogen) atoms. The first kappa shape index (κ1) is 17.7. The summed E-state index contributed by atoms with van der Waals surface area (Å²) in [6.45, 7) is 3.64. The van der Waals surface area contributed by atoms with Gasteiger partial charge in [0.1, 0.15) is 5.75 Å². The van der Waals surface area contributed by atoms with Crippen molar-refractivity contribution in [2.45, 2.75) is 20.5 Å². The van der Waals surface area contributed by atoms with Gasteiger partial charge in [-0.1, -0.05) is 12.1 Å². The Hall–Kier alpha value is -1.66. The number of hydrogen-bond donors (Lipinski definition) is 2. The number of rotatable bonds is 8. The quantitative estimate of drug-likeness (QED) is 0.717. The summed E-state index contributed by atoms with van der Waals surface area (Å²) in [5.74, 6) is 0.696. The highest BCUT2D eigenvalue weighted by Crippen LogP contribution is 2.49. The normalized spacial score (nSPS) is 11.7. The molecule has 1 aromatic carbocycles. The molecule has 0 fully saturated rings. The fraction of sp³-hybridized carbons (Fsp3) is 0.400. The van der Waals surface area contributed by atoms with E-state index in [1.54, 1.807) is 45.2 Å². The maximum absolute atomic E-state index is 13.0. The van der Waals surface area contributed by atoms with Gasteiger partial charge < -0.3 is 18.9 Å². The summed E-state index contributed by atoms with van der Waals surface area (Å²) in [5, 5.41) is 16.3. The van der Waals surface area contributed by atoms with Crippen LogP contribution in [-0.2, 0) is 20.2 Å². The molecule has 126 valence electrons. The van der Waals surface area contributed by atoms with Gasteiger partial charge in [0.15, 0.2) is 5.44 Å². The van der Waals surface area contributed by atoms with E-state index < -0.39 is 7.60 Å². The molecule has 0 radical (unpaired) electrons. The lowest BCUT2D eigenvalue weighted by molar-refractivity contribution is 0.229. The highest BCUT2D eigenvalue weighted by molar-refractivity contribution is 7.62. The predicted octanol–water partition coefficient (Wildman–Crippen LogP) is 2.47. The number of nitrogens with zero attached hydrogens (tertiary/aromatic N) is 1. The Morgan fingerprint density at radius 1 is 1.17 bits per heavy atom. The predicted molar refractivity (Wildman–Crippen MR) is 87.0 cm³/mol. The van der Waals surface area contributed by atoms with Gasteiger partial charge in [-0.2, -0.15) is 5.10 Å². The van der Waals surface area contributed by atoms with Gasteiger partial charge in [0.2, 0.25) is 0 Å². The Balaban J connectivity index is 2.57. The third-order valence-corrected chi connectivity index (χ3v) is 5.26. The number of aromatic nitrogens is 2. The van der Waals surface area contributed by atoms with Crippen LogP contribution in [0.25, 0.3) is 11.1 Å². The van der Waals surface area contributed by atoms with Gasteiger partial charge in [0.05, 0.1) is 32.6 Å². The summed E-state index contributed by atoms with van der Waals surface area (Å²) >= 11 is 0. The van der Waals surface area contributed by atoms with Crippen molar-refractivity contribution in [2.24, 2.45) is 0 Å². The summed E-state index contributed by atoms with van der Waals surface area (Å²) in [5.41, 5.74) is 1.89. The minimum absolute atomic E-state index is 0.176. The molecule has 1 aromatic heterocycles. The Labute approximate surface area is 135 Å². The first-order valence-electron chi connectivity index (χ1n) is 7.31. The van der Waals surface area contributed by atoms with Crippen LogP contribution in [-0.4, -0.2) is 35.6 Å². The van der Waals surface area contributed by atoms with Crippen molar-refractivity contribution in [1.82, 2.24) is 10.2 Å². The van der Waals surface area contributed by atoms with Gasteiger partial charge in [-0.3, -0.25) is 9.66 Å². The van der Waals surface area contributed by atoms with Crippen molar-refractivity contribution in [3.63, 3.8) is 0 Å². The van der Waals surface area contributed by atoms with Gasteiger partial charge in [-0.25, -0.2) is 0 Å². The molecule has 0 aliphatic rings. The molecule has 0 aliphatic heterocycles. The van der Waals surface area contributed by atoms with Crippen molar-refractivity contribution in [3.05, 3.63) is 30.0 Å². The van der Waals surface area contributed by atoms with Gasteiger partial charge in [0, 0.05) is 5.56 Å². The third kappa shape index (κ3) is 3.64. The lowest BCUT2D eigenvalue weighted by Crippen LogP contribution is -2.14. The molecule has 0 atom stereocenters. The lowest BCUT2D eigenvalue weighted by Gasteiger charge is -2.16. The SMILES string of the molecule is CCOP(=O)(OCC)c1n[nH]c(CO)c1-c1ccc(OC)cc1. The van der Waals surface area contributed by atoms with Crippen LogP contribution in [0.4, 0.5) is 0 Å². The Morgan fingerprint density at radius 3 is 2.26 bits per heavy atom. The molecule has 7 nitrogen and oxygen atoms in total. The van der Waals surface area contributed by atoms with Crippen LogP contribution >= 0.6 is 7.60 Å². The first-order chi connectivity index (χ1) is 11.1. The Kier molecular flexibility index (Phi) is 5.96. The molecule has 0 spiro atoms. The van der Waals surface area contributed by atoms with Crippen LogP contribution in [0.3, 0.4) is 0 Å². The Bertz CT molecular complexity index is 674. The Morgan fingerprint density at radius 2 is 1.78 bits per heavy atom. The van der Waals surface area contributed by atoms with E-state index in [9.17, 15) is 9.67 Å². The van der Waals surface area contributed by atoms with Crippen LogP contribution in [0.15, 0.2) is 24.3 Å². The van der Waals surface area contributed by atoms with Crippen molar-refractivity contribution >= 4 is 13.0 Å². The summed E-state index contributed by atoms with van der Waals surface area (Å²) < 4.78 is 28.9. The highest BCUT2D eigenvalue weighted by atomic mass is 31.2. The van der Waals surface area contributed by atoms with Gasteiger partial charge in [0.25, 0.3) is 0 Å². The van der Waals surface area contributed by atoms with E-state index in [-0.39, 0.29) is 25.3 Å². The van der Waals surface area contributed by atoms with Gasteiger partial charge in [-0.15, -0.1) is 0 Å². The summed E-state index contributed by atoms with van der Waals surface area (Å²) in [6.07, 6.45) is 0. The van der Waals surface area contributed by atoms with Crippen molar-refractivity contribution in [2.75, 3.05) is 20.3 Å². The number of hydrogen-bond acceptors (Lipinski definition) is 6. The summed E-state index contributed by atoms with van der Waals surface area (Å²) in [4.78, 5) is 0. The molecule has 2 rings (SSSR count). The maximum Gasteiger partial charge on any atom is 0.382 e. The number of H-pyrrole nitrogens is 1. The molecule has 2 aromatic rings. The summed E-state index contributed by atoms with van der Waals surface area (Å²) in [6, 6.07) is 7.16. The van der Waals surface area contributed by atoms with Gasteiger partial charge in [-0.05, 0) is 31.5 Å². The molecule has 1 heterocycles. The fourth-order valence-electron chi connectivity index (χ4n) is 2.24. The fourth-order valence-corrected chi connectivity index (χ4v) is 3.95. The number of ether oxygens (including phenoxy) is 1. The third-order valence-electron chi connectivity index (χ3n) is 3.22. The van der Waals surface area contributed by atoms with Gasteiger partial charge >= 0.3 is 7.60 Å². The standard InChI is InChI=1S/C15H21N2O5P/c1-4-21-23(19,22-5-2)15-14(13(10-18)16-17-15)11-6-8-12(20-3)9-7-11/h6-9,18H,4-5,10H2,1-3H3,(H,16,17). The minimum Gasteiger partial charge on any atom is -0.497 e. The smallest absolute Gasteiger partial charge is 0.382 e. The highest BCUT2D eigenvalue weighted by Gasteiger charge is 2.34. The van der Waals surface area contributed by atoms with Crippen LogP contribution in [0.5, 0.6) is 5.75 Å². The van der Waals surface area contributed by atoms with Crippen molar-refractivity contribution < 1.29 is 23.5 Å². The zero-order valence-electron chi connectivity index (χ0n) is 13.4. The molecular formula is C15H21N2O5P. The molecule has 0 saturated carbocycles. The van der Waals surface area contributed by atoms with Crippen LogP contribution in [0.1, 0.15) is 19.5 Å². The number of benzene rings is 1. The van der Waals surface area contributed by atoms with E-state index in [2.05, 4.69) is 10.2 Å². The van der Waals surface area contributed by atoms with Crippen molar-refractivity contribution in [1.29, 1.82) is 0 Å². The lowest BCUT2D eigenvalue weighted by atomic mass is 10.1. The van der Waals surface area contributed by atoms with E-state index in [1.807, 2.05) is 0 Å². The molecule has 0 amide bonds. The van der Waals surface area contributed by atoms with Crippen LogP contribution in [0, 0.1) is 0 Å². The number of aromatic amines is 1. The number of aliphatic hydroxyl groups excluding tert-OH is 1. The minimum atomic E-state index is -3.57. The number of aliphatic hydroxyl groups is 1. The molecule has 0 aliphatic carbocycles. The number of methoxy groups -OCH3 is 1. The average Bonchev–Trinajstić information content (AvgIpc) is 3.00. The van der Waals surface area contributed by atoms with E-state index in [0.717, 1.165) is 5.56 Å². The molecule has 0 unspecified atom stereocenters. The zero-order valence-corrected chi connectivity index (χ0v) is 14.3. The second-order valence-corrected chi connectivity index (χ2v) is 6.56. The second kappa shape index (κ2) is 7.75. The van der Waals surface area contributed by atoms with E-state index in [0.29, 0.717) is 17.0 Å². The molecule has 8 heteroatoms.